The summed E-state index contributed by atoms with van der Waals surface area (Å²) in [5.41, 5.74) is 1.18. The van der Waals surface area contributed by atoms with Crippen LogP contribution in [-0.4, -0.2) is 40.8 Å². The number of nitrogens with zero attached hydrogens (tertiary/aromatic N) is 1. The maximum absolute atomic E-state index is 13.0. The van der Waals surface area contributed by atoms with Gasteiger partial charge in [-0.3, -0.25) is 4.79 Å². The third-order valence-corrected chi connectivity index (χ3v) is 5.57. The third kappa shape index (κ3) is 3.45. The number of halogens is 1. The van der Waals surface area contributed by atoms with E-state index in [0.29, 0.717) is 22.1 Å². The molecule has 2 aromatic rings. The highest BCUT2D eigenvalue weighted by Crippen LogP contribution is 2.45. The lowest BCUT2D eigenvalue weighted by atomic mass is 10.1. The molecule has 1 heterocycles. The molecule has 0 aliphatic carbocycles. The van der Waals surface area contributed by atoms with Crippen LogP contribution in [0.1, 0.15) is 21.3 Å². The quantitative estimate of drug-likeness (QED) is 0.880. The molecule has 1 amide bonds. The molecule has 2 atom stereocenters. The Morgan fingerprint density at radius 2 is 1.88 bits per heavy atom. The molecule has 1 aliphatic heterocycles. The lowest BCUT2D eigenvalue weighted by Gasteiger charge is -2.28. The second-order valence-electron chi connectivity index (χ2n) is 5.50. The molecule has 130 valence electrons. The summed E-state index contributed by atoms with van der Waals surface area (Å²) in [6.45, 7) is 0. The first-order valence-electron chi connectivity index (χ1n) is 7.58. The standard InChI is InChI=1S/C18H16ClNO4S/c1-24-15-5-3-2-4-13(15)17-20(14(10-25-17)18(22)23)16(21)11-6-8-12(19)9-7-11/h2-9,14,17H,10H2,1H3,(H,22,23). The number of rotatable bonds is 4. The normalized spacial score (nSPS) is 19.7. The van der Waals surface area contributed by atoms with Gasteiger partial charge in [0, 0.05) is 21.9 Å². The summed E-state index contributed by atoms with van der Waals surface area (Å²) in [6, 6.07) is 12.9. The number of para-hydroxylation sites is 1. The fourth-order valence-corrected chi connectivity index (χ4v) is 4.37. The minimum atomic E-state index is -1.02. The highest BCUT2D eigenvalue weighted by molar-refractivity contribution is 7.99. The number of amides is 1. The van der Waals surface area contributed by atoms with Gasteiger partial charge in [0.2, 0.25) is 0 Å². The van der Waals surface area contributed by atoms with E-state index in [9.17, 15) is 14.7 Å². The molecule has 1 aliphatic rings. The number of hydrogen-bond donors (Lipinski definition) is 1. The van der Waals surface area contributed by atoms with Crippen LogP contribution in [0.25, 0.3) is 0 Å². The molecule has 7 heteroatoms. The van der Waals surface area contributed by atoms with Crippen molar-refractivity contribution in [1.29, 1.82) is 0 Å². The topological polar surface area (TPSA) is 66.8 Å². The van der Waals surface area contributed by atoms with Crippen LogP contribution in [-0.2, 0) is 4.79 Å². The van der Waals surface area contributed by atoms with Gasteiger partial charge < -0.3 is 14.7 Å². The SMILES string of the molecule is COc1ccccc1C1SCC(C(=O)O)N1C(=O)c1ccc(Cl)cc1. The molecule has 0 spiro atoms. The predicted molar refractivity (Wildman–Crippen MR) is 97.2 cm³/mol. The van der Waals surface area contributed by atoms with Gasteiger partial charge in [-0.05, 0) is 30.3 Å². The van der Waals surface area contributed by atoms with Crippen molar-refractivity contribution in [3.05, 3.63) is 64.7 Å². The summed E-state index contributed by atoms with van der Waals surface area (Å²) in [6.07, 6.45) is 0. The Balaban J connectivity index is 2.02. The Hall–Kier alpha value is -2.18. The van der Waals surface area contributed by atoms with Crippen LogP contribution >= 0.6 is 23.4 Å². The number of carboxylic acids is 1. The summed E-state index contributed by atoms with van der Waals surface area (Å²) in [5, 5.41) is 9.64. The number of carbonyl (C=O) groups excluding carboxylic acids is 1. The second-order valence-corrected chi connectivity index (χ2v) is 7.05. The Bertz CT molecular complexity index is 796. The summed E-state index contributed by atoms with van der Waals surface area (Å²) in [5.74, 6) is -0.422. The average molecular weight is 378 g/mol. The number of benzene rings is 2. The molecule has 1 fully saturated rings. The molecular weight excluding hydrogens is 362 g/mol. The van der Waals surface area contributed by atoms with Crippen molar-refractivity contribution < 1.29 is 19.4 Å². The van der Waals surface area contributed by atoms with E-state index in [-0.39, 0.29) is 5.91 Å². The number of ether oxygens (including phenoxy) is 1. The number of methoxy groups -OCH3 is 1. The molecular formula is C18H16ClNO4S. The Morgan fingerprint density at radius 3 is 2.52 bits per heavy atom. The van der Waals surface area contributed by atoms with E-state index in [2.05, 4.69) is 0 Å². The first-order valence-corrected chi connectivity index (χ1v) is 9.01. The molecule has 5 nitrogen and oxygen atoms in total. The van der Waals surface area contributed by atoms with E-state index >= 15 is 0 Å². The molecule has 0 radical (unpaired) electrons. The fraction of sp³-hybridized carbons (Fsp3) is 0.222. The lowest BCUT2D eigenvalue weighted by molar-refractivity contribution is -0.141. The number of hydrogen-bond acceptors (Lipinski definition) is 4. The molecule has 25 heavy (non-hydrogen) atoms. The monoisotopic (exact) mass is 377 g/mol. The first-order chi connectivity index (χ1) is 12.0. The molecule has 1 saturated heterocycles. The highest BCUT2D eigenvalue weighted by atomic mass is 35.5. The van der Waals surface area contributed by atoms with Crippen LogP contribution in [0.15, 0.2) is 48.5 Å². The third-order valence-electron chi connectivity index (χ3n) is 4.02. The number of aliphatic carboxylic acids is 1. The van der Waals surface area contributed by atoms with Gasteiger partial charge in [0.15, 0.2) is 0 Å². The zero-order valence-corrected chi connectivity index (χ0v) is 15.0. The van der Waals surface area contributed by atoms with Crippen LogP contribution in [0.5, 0.6) is 5.75 Å². The number of carbonyl (C=O) groups is 2. The van der Waals surface area contributed by atoms with Crippen molar-refractivity contribution in [2.45, 2.75) is 11.4 Å². The molecule has 0 saturated carbocycles. The number of thioether (sulfide) groups is 1. The molecule has 0 bridgehead atoms. The van der Waals surface area contributed by atoms with Gasteiger partial charge in [0.05, 0.1) is 7.11 Å². The van der Waals surface area contributed by atoms with Crippen LogP contribution in [0.4, 0.5) is 0 Å². The number of carboxylic acid groups (broad SMARTS) is 1. The van der Waals surface area contributed by atoms with Crippen molar-refractivity contribution in [3.8, 4) is 5.75 Å². The molecule has 1 N–H and O–H groups in total. The van der Waals surface area contributed by atoms with Gasteiger partial charge in [-0.25, -0.2) is 4.79 Å². The first kappa shape index (κ1) is 17.6. The summed E-state index contributed by atoms with van der Waals surface area (Å²) < 4.78 is 5.39. The van der Waals surface area contributed by atoms with Crippen molar-refractivity contribution in [3.63, 3.8) is 0 Å². The van der Waals surface area contributed by atoms with Crippen molar-refractivity contribution in [1.82, 2.24) is 4.90 Å². The van der Waals surface area contributed by atoms with Crippen molar-refractivity contribution >= 4 is 35.2 Å². The van der Waals surface area contributed by atoms with E-state index in [1.54, 1.807) is 37.4 Å². The zero-order chi connectivity index (χ0) is 18.0. The predicted octanol–water partition coefficient (Wildman–Crippen LogP) is 3.69. The minimum Gasteiger partial charge on any atom is -0.496 e. The Labute approximate surface area is 154 Å². The molecule has 2 unspecified atom stereocenters. The van der Waals surface area contributed by atoms with Gasteiger partial charge in [-0.2, -0.15) is 0 Å². The van der Waals surface area contributed by atoms with Gasteiger partial charge >= 0.3 is 5.97 Å². The zero-order valence-electron chi connectivity index (χ0n) is 13.4. The fourth-order valence-electron chi connectivity index (χ4n) is 2.80. The highest BCUT2D eigenvalue weighted by Gasteiger charge is 2.43. The van der Waals surface area contributed by atoms with E-state index < -0.39 is 17.4 Å². The van der Waals surface area contributed by atoms with E-state index in [0.717, 1.165) is 5.56 Å². The van der Waals surface area contributed by atoms with E-state index in [4.69, 9.17) is 16.3 Å². The summed E-state index contributed by atoms with van der Waals surface area (Å²) >= 11 is 7.29. The van der Waals surface area contributed by atoms with E-state index in [1.807, 2.05) is 18.2 Å². The van der Waals surface area contributed by atoms with Crippen molar-refractivity contribution in [2.75, 3.05) is 12.9 Å². The molecule has 3 rings (SSSR count). The molecule has 2 aromatic carbocycles. The molecule has 0 aromatic heterocycles. The largest absolute Gasteiger partial charge is 0.496 e. The second kappa shape index (κ2) is 7.37. The average Bonchev–Trinajstić information content (AvgIpc) is 3.06. The van der Waals surface area contributed by atoms with Crippen molar-refractivity contribution in [2.24, 2.45) is 0 Å². The van der Waals surface area contributed by atoms with Crippen LogP contribution in [0, 0.1) is 0 Å². The minimum absolute atomic E-state index is 0.317. The van der Waals surface area contributed by atoms with Gasteiger partial charge in [-0.15, -0.1) is 11.8 Å². The lowest BCUT2D eigenvalue weighted by Crippen LogP contribution is -2.43. The maximum Gasteiger partial charge on any atom is 0.327 e. The summed E-state index contributed by atoms with van der Waals surface area (Å²) in [7, 11) is 1.55. The van der Waals surface area contributed by atoms with Crippen LogP contribution in [0.2, 0.25) is 5.02 Å². The van der Waals surface area contributed by atoms with Gasteiger partial charge in [-0.1, -0.05) is 29.8 Å². The van der Waals surface area contributed by atoms with Gasteiger partial charge in [0.25, 0.3) is 5.91 Å². The summed E-state index contributed by atoms with van der Waals surface area (Å²) in [4.78, 5) is 26.1. The van der Waals surface area contributed by atoms with E-state index in [1.165, 1.54) is 16.7 Å². The maximum atomic E-state index is 13.0. The van der Waals surface area contributed by atoms with Gasteiger partial charge in [0.1, 0.15) is 17.2 Å². The smallest absolute Gasteiger partial charge is 0.327 e. The van der Waals surface area contributed by atoms with Crippen LogP contribution in [0.3, 0.4) is 0 Å². The Morgan fingerprint density at radius 1 is 1.20 bits per heavy atom. The van der Waals surface area contributed by atoms with Crippen LogP contribution < -0.4 is 4.74 Å². The Kier molecular flexibility index (Phi) is 5.20.